The van der Waals surface area contributed by atoms with Crippen molar-refractivity contribution >= 4 is 34.0 Å². The van der Waals surface area contributed by atoms with Crippen LogP contribution < -0.4 is 15.4 Å². The van der Waals surface area contributed by atoms with Gasteiger partial charge in [0.15, 0.2) is 0 Å². The fraction of sp³-hybridized carbons (Fsp3) is 0.172. The van der Waals surface area contributed by atoms with E-state index in [4.69, 9.17) is 4.74 Å². The van der Waals surface area contributed by atoms with Gasteiger partial charge in [-0.1, -0.05) is 42.5 Å². The third-order valence-electron chi connectivity index (χ3n) is 6.62. The maximum atomic E-state index is 13.0. The van der Waals surface area contributed by atoms with Gasteiger partial charge in [-0.15, -0.1) is 0 Å². The topological polar surface area (TPSA) is 70.7 Å². The van der Waals surface area contributed by atoms with E-state index in [0.717, 1.165) is 45.6 Å². The van der Waals surface area contributed by atoms with Crippen LogP contribution in [0.25, 0.3) is 21.9 Å². The van der Waals surface area contributed by atoms with E-state index in [-0.39, 0.29) is 11.8 Å². The van der Waals surface area contributed by atoms with Crippen LogP contribution in [0.5, 0.6) is 5.75 Å². The summed E-state index contributed by atoms with van der Waals surface area (Å²) in [7, 11) is 0. The molecule has 2 amide bonds. The Hall–Kier alpha value is -4.32. The number of carbonyl (C=O) groups is 2. The van der Waals surface area contributed by atoms with Crippen LogP contribution in [0, 0.1) is 0 Å². The van der Waals surface area contributed by atoms with Gasteiger partial charge in [0, 0.05) is 41.8 Å². The molecule has 35 heavy (non-hydrogen) atoms. The minimum atomic E-state index is -0.215. The van der Waals surface area contributed by atoms with Crippen molar-refractivity contribution in [2.45, 2.75) is 6.42 Å². The van der Waals surface area contributed by atoms with Gasteiger partial charge in [-0.25, -0.2) is 0 Å². The monoisotopic (exact) mass is 463 g/mol. The zero-order valence-electron chi connectivity index (χ0n) is 19.2. The molecule has 0 atom stereocenters. The predicted molar refractivity (Wildman–Crippen MR) is 138 cm³/mol. The molecule has 6 nitrogen and oxygen atoms in total. The van der Waals surface area contributed by atoms with Crippen molar-refractivity contribution in [3.63, 3.8) is 0 Å². The number of rotatable bonds is 6. The van der Waals surface area contributed by atoms with Crippen molar-refractivity contribution in [3.05, 3.63) is 90.0 Å². The molecule has 0 fully saturated rings. The van der Waals surface area contributed by atoms with E-state index in [1.165, 1.54) is 4.90 Å². The number of benzene rings is 4. The van der Waals surface area contributed by atoms with E-state index in [9.17, 15) is 9.59 Å². The van der Waals surface area contributed by atoms with Crippen LogP contribution in [0.2, 0.25) is 0 Å². The van der Waals surface area contributed by atoms with Crippen LogP contribution in [-0.4, -0.2) is 43.0 Å². The largest absolute Gasteiger partial charge is 0.490 e. The van der Waals surface area contributed by atoms with Gasteiger partial charge in [-0.3, -0.25) is 14.5 Å². The Morgan fingerprint density at radius 3 is 2.31 bits per heavy atom. The maximum absolute atomic E-state index is 13.0. The zero-order valence-corrected chi connectivity index (χ0v) is 19.2. The van der Waals surface area contributed by atoms with Gasteiger partial charge in [0.2, 0.25) is 0 Å². The van der Waals surface area contributed by atoms with Gasteiger partial charge < -0.3 is 15.4 Å². The van der Waals surface area contributed by atoms with E-state index in [0.29, 0.717) is 37.2 Å². The van der Waals surface area contributed by atoms with E-state index < -0.39 is 0 Å². The van der Waals surface area contributed by atoms with Crippen molar-refractivity contribution in [3.8, 4) is 16.9 Å². The van der Waals surface area contributed by atoms with Gasteiger partial charge in [0.1, 0.15) is 12.4 Å². The summed E-state index contributed by atoms with van der Waals surface area (Å²) in [5.41, 5.74) is 5.45. The van der Waals surface area contributed by atoms with Crippen LogP contribution in [0.1, 0.15) is 27.1 Å². The highest BCUT2D eigenvalue weighted by Crippen LogP contribution is 2.33. The Morgan fingerprint density at radius 2 is 1.57 bits per heavy atom. The second-order valence-corrected chi connectivity index (χ2v) is 8.82. The predicted octanol–water partition coefficient (Wildman–Crippen LogP) is 5.41. The number of ether oxygens (including phenoxy) is 1. The van der Waals surface area contributed by atoms with Gasteiger partial charge in [-0.2, -0.15) is 0 Å². The molecule has 4 aromatic rings. The molecule has 0 aromatic heterocycles. The number of imide groups is 1. The van der Waals surface area contributed by atoms with E-state index >= 15 is 0 Å². The summed E-state index contributed by atoms with van der Waals surface area (Å²) in [5.74, 6) is 0.456. The molecular weight excluding hydrogens is 438 g/mol. The second-order valence-electron chi connectivity index (χ2n) is 8.82. The highest BCUT2D eigenvalue weighted by atomic mass is 16.5. The molecule has 2 aliphatic rings. The molecule has 4 aromatic carbocycles. The van der Waals surface area contributed by atoms with Crippen LogP contribution in [0.3, 0.4) is 0 Å². The second kappa shape index (κ2) is 8.80. The summed E-state index contributed by atoms with van der Waals surface area (Å²) < 4.78 is 5.75. The van der Waals surface area contributed by atoms with Crippen LogP contribution >= 0.6 is 0 Å². The van der Waals surface area contributed by atoms with Crippen LogP contribution in [0.15, 0.2) is 78.9 Å². The van der Waals surface area contributed by atoms with Gasteiger partial charge in [0.25, 0.3) is 11.8 Å². The number of anilines is 2. The first-order chi connectivity index (χ1) is 17.2. The summed E-state index contributed by atoms with van der Waals surface area (Å²) in [6, 6.07) is 25.7. The Bertz CT molecular complexity index is 1400. The molecule has 0 saturated heterocycles. The lowest BCUT2D eigenvalue weighted by atomic mass is 9.94. The minimum Gasteiger partial charge on any atom is -0.490 e. The number of carbonyl (C=O) groups excluding carboxylic acids is 2. The van der Waals surface area contributed by atoms with Crippen molar-refractivity contribution in [2.24, 2.45) is 0 Å². The summed E-state index contributed by atoms with van der Waals surface area (Å²) in [6.45, 7) is 2.53. The number of nitrogens with zero attached hydrogens (tertiary/aromatic N) is 1. The molecule has 6 heteroatoms. The highest BCUT2D eigenvalue weighted by Gasteiger charge is 2.32. The zero-order chi connectivity index (χ0) is 23.8. The minimum absolute atomic E-state index is 0.215. The molecule has 2 aliphatic heterocycles. The quantitative estimate of drug-likeness (QED) is 0.296. The molecule has 0 radical (unpaired) electrons. The fourth-order valence-electron chi connectivity index (χ4n) is 4.85. The molecule has 0 bridgehead atoms. The number of hydrogen-bond donors (Lipinski definition) is 2. The van der Waals surface area contributed by atoms with E-state index in [2.05, 4.69) is 41.0 Å². The molecule has 6 rings (SSSR count). The first-order valence-corrected chi connectivity index (χ1v) is 11.9. The van der Waals surface area contributed by atoms with E-state index in [1.54, 1.807) is 12.1 Å². The van der Waals surface area contributed by atoms with Crippen LogP contribution in [0.4, 0.5) is 11.4 Å². The SMILES string of the molecule is O=C1c2cccc3cccc(c23)C(=O)N1CCCNc1ccc(-c2ccc3c(c2)OCCN3)cc1. The first kappa shape index (κ1) is 21.2. The molecule has 0 saturated carbocycles. The lowest BCUT2D eigenvalue weighted by molar-refractivity contribution is 0.0610. The summed E-state index contributed by atoms with van der Waals surface area (Å²) in [5, 5.41) is 8.42. The third-order valence-corrected chi connectivity index (χ3v) is 6.62. The van der Waals surface area contributed by atoms with Crippen molar-refractivity contribution in [2.75, 3.05) is 36.9 Å². The fourth-order valence-corrected chi connectivity index (χ4v) is 4.85. The van der Waals surface area contributed by atoms with Crippen molar-refractivity contribution in [1.29, 1.82) is 0 Å². The number of nitrogens with one attached hydrogen (secondary N) is 2. The Morgan fingerprint density at radius 1 is 0.857 bits per heavy atom. The van der Waals surface area contributed by atoms with Gasteiger partial charge >= 0.3 is 0 Å². The summed E-state index contributed by atoms with van der Waals surface area (Å²) >= 11 is 0. The summed E-state index contributed by atoms with van der Waals surface area (Å²) in [4.78, 5) is 27.4. The Labute approximate surface area is 203 Å². The molecule has 2 heterocycles. The van der Waals surface area contributed by atoms with Crippen molar-refractivity contribution in [1.82, 2.24) is 4.90 Å². The molecule has 0 spiro atoms. The Balaban J connectivity index is 1.08. The normalized spacial score (nSPS) is 14.3. The standard InChI is InChI=1S/C29H25N3O3/c33-28-23-6-1-4-20-5-2-7-24(27(20)23)29(34)32(28)16-3-14-30-22-11-8-19(9-12-22)21-10-13-25-26(18-21)35-17-15-31-25/h1-2,4-13,18,30-31H,3,14-17H2. The van der Waals surface area contributed by atoms with Crippen molar-refractivity contribution < 1.29 is 14.3 Å². The lowest BCUT2D eigenvalue weighted by Crippen LogP contribution is -2.41. The van der Waals surface area contributed by atoms with Gasteiger partial charge in [-0.05, 0) is 59.3 Å². The maximum Gasteiger partial charge on any atom is 0.261 e. The average Bonchev–Trinajstić information content (AvgIpc) is 2.91. The summed E-state index contributed by atoms with van der Waals surface area (Å²) in [6.07, 6.45) is 0.659. The van der Waals surface area contributed by atoms with Gasteiger partial charge in [0.05, 0.1) is 5.69 Å². The average molecular weight is 464 g/mol. The number of fused-ring (bicyclic) bond motifs is 1. The van der Waals surface area contributed by atoms with Crippen LogP contribution in [-0.2, 0) is 0 Å². The molecule has 0 unspecified atom stereocenters. The Kier molecular flexibility index (Phi) is 5.34. The third kappa shape index (κ3) is 3.87. The molecule has 174 valence electrons. The smallest absolute Gasteiger partial charge is 0.261 e. The first-order valence-electron chi connectivity index (χ1n) is 11.9. The molecular formula is C29H25N3O3. The lowest BCUT2D eigenvalue weighted by Gasteiger charge is -2.27. The molecule has 2 N–H and O–H groups in total. The molecule has 0 aliphatic carbocycles. The number of amides is 2. The number of hydrogen-bond acceptors (Lipinski definition) is 5. The highest BCUT2D eigenvalue weighted by molar-refractivity contribution is 6.25. The van der Waals surface area contributed by atoms with E-state index in [1.807, 2.05) is 36.4 Å².